The van der Waals surface area contributed by atoms with E-state index < -0.39 is 65.5 Å². The normalized spacial score (nSPS) is 11.3. The van der Waals surface area contributed by atoms with Crippen LogP contribution in [0.25, 0.3) is 0 Å². The molecule has 1 heterocycles. The third-order valence-corrected chi connectivity index (χ3v) is 5.53. The lowest BCUT2D eigenvalue weighted by molar-refractivity contribution is -0.144. The molecule has 3 rings (SSSR count). The minimum Gasteiger partial charge on any atom is -0.468 e. The van der Waals surface area contributed by atoms with E-state index in [4.69, 9.17) is 10.5 Å². The van der Waals surface area contributed by atoms with E-state index in [1.807, 2.05) is 0 Å². The molecule has 0 bridgehead atoms. The highest BCUT2D eigenvalue weighted by atomic mass is 16.5. The first-order valence-corrected chi connectivity index (χ1v) is 11.4. The van der Waals surface area contributed by atoms with Gasteiger partial charge in [-0.1, -0.05) is 48.5 Å². The zero-order valence-corrected chi connectivity index (χ0v) is 20.7. The number of benzene rings is 2. The fourth-order valence-corrected chi connectivity index (χ4v) is 3.49. The number of ether oxygens (including phenoxy) is 2. The molecular formula is C26H26N4O8. The second-order valence-electron chi connectivity index (χ2n) is 8.17. The standard InChI is InChI=1S/C26H26N4O8/c1-16(28-23(33)18-11-7-4-8-12-18)25(35)38-15-19(31)21-22(27)29(13-17-9-5-3-6-10-17)26(36)30(24(21)34)14-20(32)37-2/h3-12,16H,13-15,27H2,1-2H3,(H,28,33)/t16-/m1/s1. The first-order valence-electron chi connectivity index (χ1n) is 11.4. The van der Waals surface area contributed by atoms with Gasteiger partial charge in [0.05, 0.1) is 13.7 Å². The zero-order chi connectivity index (χ0) is 27.8. The number of carbonyl (C=O) groups excluding carboxylic acids is 4. The molecule has 38 heavy (non-hydrogen) atoms. The van der Waals surface area contributed by atoms with Crippen molar-refractivity contribution >= 4 is 29.4 Å². The van der Waals surface area contributed by atoms with Gasteiger partial charge in [0.1, 0.15) is 24.0 Å². The minimum atomic E-state index is -1.13. The summed E-state index contributed by atoms with van der Waals surface area (Å²) in [4.78, 5) is 75.6. The molecule has 0 fully saturated rings. The van der Waals surface area contributed by atoms with E-state index in [-0.39, 0.29) is 6.54 Å². The number of methoxy groups -OCH3 is 1. The van der Waals surface area contributed by atoms with Gasteiger partial charge in [0.15, 0.2) is 6.61 Å². The molecule has 0 saturated carbocycles. The number of rotatable bonds is 10. The predicted octanol–water partition coefficient (Wildman–Crippen LogP) is 0.358. The SMILES string of the molecule is COC(=O)Cn1c(=O)c(C(=O)COC(=O)[C@@H](C)NC(=O)c2ccccc2)c(N)n(Cc2ccccc2)c1=O. The lowest BCUT2D eigenvalue weighted by Gasteiger charge is -2.17. The summed E-state index contributed by atoms with van der Waals surface area (Å²) >= 11 is 0. The van der Waals surface area contributed by atoms with E-state index in [9.17, 15) is 28.8 Å². The van der Waals surface area contributed by atoms with Crippen LogP contribution in [0.4, 0.5) is 5.82 Å². The van der Waals surface area contributed by atoms with Crippen molar-refractivity contribution in [3.05, 3.63) is 98.2 Å². The van der Waals surface area contributed by atoms with Gasteiger partial charge in [-0.05, 0) is 24.6 Å². The largest absolute Gasteiger partial charge is 0.468 e. The highest BCUT2D eigenvalue weighted by Crippen LogP contribution is 2.10. The number of nitrogen functional groups attached to an aromatic ring is 1. The lowest BCUT2D eigenvalue weighted by atomic mass is 10.1. The molecule has 0 saturated heterocycles. The summed E-state index contributed by atoms with van der Waals surface area (Å²) in [5.41, 5.74) is 4.36. The number of Topliss-reactive ketones (excluding diaryl/α,β-unsaturated/α-hetero) is 1. The molecule has 1 aromatic heterocycles. The molecule has 1 amide bonds. The van der Waals surface area contributed by atoms with E-state index in [2.05, 4.69) is 10.1 Å². The Balaban J connectivity index is 1.85. The number of hydrogen-bond donors (Lipinski definition) is 2. The molecule has 0 radical (unpaired) electrons. The van der Waals surface area contributed by atoms with Crippen LogP contribution in [0.3, 0.4) is 0 Å². The van der Waals surface area contributed by atoms with Crippen molar-refractivity contribution in [1.82, 2.24) is 14.5 Å². The molecule has 198 valence electrons. The maximum atomic E-state index is 13.0. The Morgan fingerprint density at radius 1 is 0.947 bits per heavy atom. The van der Waals surface area contributed by atoms with E-state index in [0.717, 1.165) is 11.7 Å². The van der Waals surface area contributed by atoms with Crippen LogP contribution in [-0.2, 0) is 32.2 Å². The Labute approximate surface area is 216 Å². The van der Waals surface area contributed by atoms with Gasteiger partial charge in [0.2, 0.25) is 5.78 Å². The van der Waals surface area contributed by atoms with E-state index in [1.165, 1.54) is 6.92 Å². The first-order chi connectivity index (χ1) is 18.1. The number of ketones is 1. The summed E-state index contributed by atoms with van der Waals surface area (Å²) in [5.74, 6) is -3.80. The molecule has 0 aliphatic rings. The van der Waals surface area contributed by atoms with Crippen LogP contribution < -0.4 is 22.3 Å². The second kappa shape index (κ2) is 12.3. The third kappa shape index (κ3) is 6.40. The number of hydrogen-bond acceptors (Lipinski definition) is 9. The van der Waals surface area contributed by atoms with Crippen molar-refractivity contribution in [2.24, 2.45) is 0 Å². The molecule has 0 unspecified atom stereocenters. The summed E-state index contributed by atoms with van der Waals surface area (Å²) < 4.78 is 11.1. The molecule has 0 aliphatic carbocycles. The number of carbonyl (C=O) groups is 4. The summed E-state index contributed by atoms with van der Waals surface area (Å²) in [6, 6.07) is 15.7. The van der Waals surface area contributed by atoms with Crippen molar-refractivity contribution in [1.29, 1.82) is 0 Å². The van der Waals surface area contributed by atoms with E-state index in [0.29, 0.717) is 15.7 Å². The fourth-order valence-electron chi connectivity index (χ4n) is 3.49. The average molecular weight is 523 g/mol. The monoisotopic (exact) mass is 522 g/mol. The Morgan fingerprint density at radius 3 is 2.16 bits per heavy atom. The van der Waals surface area contributed by atoms with Gasteiger partial charge >= 0.3 is 17.6 Å². The number of aromatic nitrogens is 2. The Kier molecular flexibility index (Phi) is 8.93. The third-order valence-electron chi connectivity index (χ3n) is 5.53. The van der Waals surface area contributed by atoms with Crippen molar-refractivity contribution < 1.29 is 28.7 Å². The van der Waals surface area contributed by atoms with E-state index in [1.54, 1.807) is 60.7 Å². The molecule has 12 heteroatoms. The number of nitrogens with two attached hydrogens (primary N) is 1. The van der Waals surface area contributed by atoms with Crippen LogP contribution in [0.2, 0.25) is 0 Å². The van der Waals surface area contributed by atoms with Crippen molar-refractivity contribution in [3.63, 3.8) is 0 Å². The maximum Gasteiger partial charge on any atom is 0.333 e. The Bertz CT molecular complexity index is 1460. The van der Waals surface area contributed by atoms with Crippen LogP contribution >= 0.6 is 0 Å². The predicted molar refractivity (Wildman–Crippen MR) is 136 cm³/mol. The van der Waals surface area contributed by atoms with Crippen LogP contribution in [-0.4, -0.2) is 52.5 Å². The molecule has 3 aromatic rings. The molecule has 0 spiro atoms. The number of amides is 1. The van der Waals surface area contributed by atoms with Crippen LogP contribution in [0.15, 0.2) is 70.3 Å². The Morgan fingerprint density at radius 2 is 1.55 bits per heavy atom. The smallest absolute Gasteiger partial charge is 0.333 e. The summed E-state index contributed by atoms with van der Waals surface area (Å²) in [6.07, 6.45) is 0. The number of anilines is 1. The first kappa shape index (κ1) is 27.6. The Hall–Kier alpha value is -5.00. The quantitative estimate of drug-likeness (QED) is 0.282. The van der Waals surface area contributed by atoms with Crippen LogP contribution in [0.5, 0.6) is 0 Å². The summed E-state index contributed by atoms with van der Waals surface area (Å²) in [5, 5.41) is 2.45. The summed E-state index contributed by atoms with van der Waals surface area (Å²) in [6.45, 7) is -0.390. The topological polar surface area (TPSA) is 169 Å². The van der Waals surface area contributed by atoms with Crippen molar-refractivity contribution in [2.75, 3.05) is 19.5 Å². The van der Waals surface area contributed by atoms with E-state index >= 15 is 0 Å². The highest BCUT2D eigenvalue weighted by molar-refractivity contribution is 6.02. The van der Waals surface area contributed by atoms with Gasteiger partial charge in [-0.2, -0.15) is 0 Å². The zero-order valence-electron chi connectivity index (χ0n) is 20.7. The highest BCUT2D eigenvalue weighted by Gasteiger charge is 2.26. The van der Waals surface area contributed by atoms with Gasteiger partial charge in [-0.3, -0.25) is 23.7 Å². The van der Waals surface area contributed by atoms with Gasteiger partial charge in [-0.25, -0.2) is 14.2 Å². The fraction of sp³-hybridized carbons (Fsp3) is 0.231. The van der Waals surface area contributed by atoms with Crippen molar-refractivity contribution in [2.45, 2.75) is 26.1 Å². The summed E-state index contributed by atoms with van der Waals surface area (Å²) in [7, 11) is 1.08. The number of esters is 2. The molecule has 2 aromatic carbocycles. The van der Waals surface area contributed by atoms with Crippen LogP contribution in [0.1, 0.15) is 33.2 Å². The molecule has 12 nitrogen and oxygen atoms in total. The minimum absolute atomic E-state index is 0.102. The molecule has 1 atom stereocenters. The number of nitrogens with zero attached hydrogens (tertiary/aromatic N) is 2. The van der Waals surface area contributed by atoms with Gasteiger partial charge in [-0.15, -0.1) is 0 Å². The van der Waals surface area contributed by atoms with Gasteiger partial charge in [0, 0.05) is 5.56 Å². The van der Waals surface area contributed by atoms with Crippen LogP contribution in [0, 0.1) is 0 Å². The average Bonchev–Trinajstić information content (AvgIpc) is 2.92. The molecule has 3 N–H and O–H groups in total. The van der Waals surface area contributed by atoms with Gasteiger partial charge < -0.3 is 20.5 Å². The second-order valence-corrected chi connectivity index (χ2v) is 8.17. The molecule has 0 aliphatic heterocycles. The number of nitrogens with one attached hydrogen (secondary N) is 1. The maximum absolute atomic E-state index is 13.0. The molecular weight excluding hydrogens is 496 g/mol. The van der Waals surface area contributed by atoms with Gasteiger partial charge in [0.25, 0.3) is 11.5 Å². The van der Waals surface area contributed by atoms with Crippen molar-refractivity contribution in [3.8, 4) is 0 Å². The lowest BCUT2D eigenvalue weighted by Crippen LogP contribution is -2.46.